The van der Waals surface area contributed by atoms with Crippen molar-refractivity contribution >= 4 is 17.6 Å². The molecule has 1 heterocycles. The maximum absolute atomic E-state index is 15.3. The molecule has 0 unspecified atom stereocenters. The number of halogens is 2. The summed E-state index contributed by atoms with van der Waals surface area (Å²) in [6, 6.07) is 13.0. The highest BCUT2D eigenvalue weighted by Gasteiger charge is 2.23. The first-order valence-corrected chi connectivity index (χ1v) is 8.77. The Morgan fingerprint density at radius 2 is 1.90 bits per heavy atom. The molecule has 29 heavy (non-hydrogen) atoms. The number of rotatable bonds is 7. The van der Waals surface area contributed by atoms with Crippen LogP contribution in [-0.2, 0) is 11.4 Å². The van der Waals surface area contributed by atoms with Crippen molar-refractivity contribution in [2.45, 2.75) is 6.61 Å². The van der Waals surface area contributed by atoms with Gasteiger partial charge in [0.05, 0.1) is 5.56 Å². The monoisotopic (exact) mass is 412 g/mol. The van der Waals surface area contributed by atoms with E-state index in [0.29, 0.717) is 5.56 Å². The average Bonchev–Trinajstić information content (AvgIpc) is 2.72. The van der Waals surface area contributed by atoms with E-state index < -0.39 is 24.0 Å². The van der Waals surface area contributed by atoms with Crippen molar-refractivity contribution in [3.8, 4) is 28.7 Å². The molecule has 1 aromatic heterocycles. The summed E-state index contributed by atoms with van der Waals surface area (Å²) in [6.07, 6.45) is 3.18. The lowest BCUT2D eigenvalue weighted by Crippen LogP contribution is -2.11. The molecule has 3 rings (SSSR count). The summed E-state index contributed by atoms with van der Waals surface area (Å²) in [4.78, 5) is 14.8. The van der Waals surface area contributed by atoms with Crippen LogP contribution in [0.15, 0.2) is 54.9 Å². The highest BCUT2D eigenvalue weighted by molar-refractivity contribution is 6.33. The highest BCUT2D eigenvalue weighted by atomic mass is 35.5. The van der Waals surface area contributed by atoms with Gasteiger partial charge in [-0.25, -0.2) is 9.18 Å². The zero-order valence-electron chi connectivity index (χ0n) is 14.9. The molecule has 0 aliphatic rings. The molecule has 0 atom stereocenters. The summed E-state index contributed by atoms with van der Waals surface area (Å²) >= 11 is 6.24. The average molecular weight is 413 g/mol. The number of carboxylic acid groups (broad SMARTS) is 1. The zero-order valence-corrected chi connectivity index (χ0v) is 15.7. The van der Waals surface area contributed by atoms with Crippen LogP contribution in [0.4, 0.5) is 4.39 Å². The van der Waals surface area contributed by atoms with Crippen molar-refractivity contribution in [2.75, 3.05) is 6.61 Å². The van der Waals surface area contributed by atoms with E-state index in [-0.39, 0.29) is 28.7 Å². The van der Waals surface area contributed by atoms with E-state index in [4.69, 9.17) is 26.2 Å². The molecule has 2 aromatic carbocycles. The minimum absolute atomic E-state index is 0.0103. The third kappa shape index (κ3) is 4.62. The molecule has 0 fully saturated rings. The number of aliphatic carboxylic acids is 1. The Hall–Kier alpha value is -3.63. The molecule has 0 amide bonds. The van der Waals surface area contributed by atoms with Gasteiger partial charge in [0.1, 0.15) is 29.7 Å². The molecule has 0 radical (unpaired) electrons. The number of pyridine rings is 1. The molecule has 1 N–H and O–H groups in total. The molecule has 0 saturated heterocycles. The fourth-order valence-electron chi connectivity index (χ4n) is 2.63. The van der Waals surface area contributed by atoms with Crippen LogP contribution in [-0.4, -0.2) is 22.7 Å². The van der Waals surface area contributed by atoms with E-state index >= 15 is 4.39 Å². The minimum atomic E-state index is -1.26. The largest absolute Gasteiger partial charge is 0.488 e. The smallest absolute Gasteiger partial charge is 0.341 e. The van der Waals surface area contributed by atoms with E-state index in [1.165, 1.54) is 6.07 Å². The SMILES string of the molecule is N#Cc1c(OCC(=O)O)cc(OCc2ccncc2)c(-c2ccccc2Cl)c1F. The van der Waals surface area contributed by atoms with E-state index in [9.17, 15) is 10.1 Å². The second-order valence-electron chi connectivity index (χ2n) is 5.86. The van der Waals surface area contributed by atoms with Gasteiger partial charge in [0.25, 0.3) is 0 Å². The zero-order chi connectivity index (χ0) is 20.8. The van der Waals surface area contributed by atoms with E-state index in [2.05, 4.69) is 4.98 Å². The Kier molecular flexibility index (Phi) is 6.27. The first kappa shape index (κ1) is 20.1. The fourth-order valence-corrected chi connectivity index (χ4v) is 2.86. The summed E-state index contributed by atoms with van der Waals surface area (Å²) in [5.74, 6) is -2.34. The first-order chi connectivity index (χ1) is 14.0. The Morgan fingerprint density at radius 1 is 1.17 bits per heavy atom. The fraction of sp³-hybridized carbons (Fsp3) is 0.0952. The maximum atomic E-state index is 15.3. The number of nitrogens with zero attached hydrogens (tertiary/aromatic N) is 2. The number of benzene rings is 2. The lowest BCUT2D eigenvalue weighted by molar-refractivity contribution is -0.139. The molecule has 146 valence electrons. The Bertz CT molecular complexity index is 1080. The molecule has 0 aliphatic heterocycles. The Labute approximate surface area is 170 Å². The number of hydrogen-bond donors (Lipinski definition) is 1. The lowest BCUT2D eigenvalue weighted by Gasteiger charge is -2.17. The van der Waals surface area contributed by atoms with Gasteiger partial charge in [0, 0.05) is 29.0 Å². The van der Waals surface area contributed by atoms with Crippen molar-refractivity contribution in [2.24, 2.45) is 0 Å². The van der Waals surface area contributed by atoms with Crippen molar-refractivity contribution in [1.82, 2.24) is 4.98 Å². The van der Waals surface area contributed by atoms with Crippen LogP contribution in [0.25, 0.3) is 11.1 Å². The van der Waals surface area contributed by atoms with Crippen LogP contribution >= 0.6 is 11.6 Å². The van der Waals surface area contributed by atoms with E-state index in [0.717, 1.165) is 5.56 Å². The van der Waals surface area contributed by atoms with Crippen LogP contribution in [0.1, 0.15) is 11.1 Å². The highest BCUT2D eigenvalue weighted by Crippen LogP contribution is 2.42. The maximum Gasteiger partial charge on any atom is 0.341 e. The molecular formula is C21H14ClFN2O4. The third-order valence-electron chi connectivity index (χ3n) is 3.94. The molecule has 0 aliphatic carbocycles. The van der Waals surface area contributed by atoms with Crippen LogP contribution in [0.3, 0.4) is 0 Å². The number of nitriles is 1. The van der Waals surface area contributed by atoms with Crippen LogP contribution in [0, 0.1) is 17.1 Å². The second kappa shape index (κ2) is 9.04. The van der Waals surface area contributed by atoms with Gasteiger partial charge in [-0.3, -0.25) is 4.98 Å². The van der Waals surface area contributed by atoms with Gasteiger partial charge < -0.3 is 14.6 Å². The number of ether oxygens (including phenoxy) is 2. The molecule has 0 bridgehead atoms. The first-order valence-electron chi connectivity index (χ1n) is 8.39. The standard InChI is InChI=1S/C21H14ClFN2O4/c22-16-4-2-1-3-14(16)20-18(28-11-13-5-7-25-8-6-13)9-17(29-12-19(26)27)15(10-24)21(20)23/h1-9H,11-12H2,(H,26,27). The number of hydrogen-bond acceptors (Lipinski definition) is 5. The molecular weight excluding hydrogens is 399 g/mol. The van der Waals surface area contributed by atoms with Gasteiger partial charge in [-0.05, 0) is 23.8 Å². The summed E-state index contributed by atoms with van der Waals surface area (Å²) in [5.41, 5.74) is 0.668. The van der Waals surface area contributed by atoms with Crippen molar-refractivity contribution in [3.05, 3.63) is 76.8 Å². The Morgan fingerprint density at radius 3 is 2.55 bits per heavy atom. The Balaban J connectivity index is 2.12. The second-order valence-corrected chi connectivity index (χ2v) is 6.26. The van der Waals surface area contributed by atoms with Crippen LogP contribution < -0.4 is 9.47 Å². The molecule has 3 aromatic rings. The van der Waals surface area contributed by atoms with Gasteiger partial charge in [-0.15, -0.1) is 0 Å². The van der Waals surface area contributed by atoms with Crippen molar-refractivity contribution in [3.63, 3.8) is 0 Å². The van der Waals surface area contributed by atoms with Gasteiger partial charge in [0.15, 0.2) is 12.4 Å². The summed E-state index contributed by atoms with van der Waals surface area (Å²) in [5, 5.41) is 18.5. The van der Waals surface area contributed by atoms with Gasteiger partial charge in [-0.2, -0.15) is 5.26 Å². The third-order valence-corrected chi connectivity index (χ3v) is 4.27. The van der Waals surface area contributed by atoms with Crippen molar-refractivity contribution < 1.29 is 23.8 Å². The van der Waals surface area contributed by atoms with Crippen LogP contribution in [0.5, 0.6) is 11.5 Å². The predicted molar refractivity (Wildman–Crippen MR) is 103 cm³/mol. The van der Waals surface area contributed by atoms with Gasteiger partial charge >= 0.3 is 5.97 Å². The van der Waals surface area contributed by atoms with E-state index in [1.807, 2.05) is 0 Å². The molecule has 8 heteroatoms. The topological polar surface area (TPSA) is 92.4 Å². The number of carboxylic acids is 1. The number of carbonyl (C=O) groups is 1. The normalized spacial score (nSPS) is 10.2. The summed E-state index contributed by atoms with van der Waals surface area (Å²) < 4.78 is 26.2. The molecule has 0 saturated carbocycles. The summed E-state index contributed by atoms with van der Waals surface area (Å²) in [7, 11) is 0. The van der Waals surface area contributed by atoms with Gasteiger partial charge in [0.2, 0.25) is 0 Å². The number of aromatic nitrogens is 1. The van der Waals surface area contributed by atoms with Crippen LogP contribution in [0.2, 0.25) is 5.02 Å². The van der Waals surface area contributed by atoms with Crippen molar-refractivity contribution in [1.29, 1.82) is 5.26 Å². The molecule has 0 spiro atoms. The minimum Gasteiger partial charge on any atom is -0.488 e. The van der Waals surface area contributed by atoms with Gasteiger partial charge in [-0.1, -0.05) is 29.8 Å². The predicted octanol–water partition coefficient (Wildman–Crippen LogP) is 4.46. The quantitative estimate of drug-likeness (QED) is 0.616. The summed E-state index contributed by atoms with van der Waals surface area (Å²) in [6.45, 7) is -0.646. The molecule has 6 nitrogen and oxygen atoms in total. The lowest BCUT2D eigenvalue weighted by atomic mass is 10.00. The van der Waals surface area contributed by atoms with E-state index in [1.54, 1.807) is 54.9 Å².